The number of nitrogens with zero attached hydrogens (tertiary/aromatic N) is 1. The summed E-state index contributed by atoms with van der Waals surface area (Å²) in [7, 11) is 0. The summed E-state index contributed by atoms with van der Waals surface area (Å²) in [6.07, 6.45) is 0. The van der Waals surface area contributed by atoms with Gasteiger partial charge < -0.3 is 4.74 Å². The number of aliphatic imine (C=N–C) groups is 1. The van der Waals surface area contributed by atoms with Crippen LogP contribution in [0.2, 0.25) is 0 Å². The maximum atomic E-state index is 9.67. The van der Waals surface area contributed by atoms with E-state index in [1.165, 1.54) is 11.8 Å². The molecule has 1 aliphatic rings. The van der Waals surface area contributed by atoms with E-state index in [9.17, 15) is 4.79 Å². The van der Waals surface area contributed by atoms with E-state index in [4.69, 9.17) is 0 Å². The lowest BCUT2D eigenvalue weighted by atomic mass is 10.7. The summed E-state index contributed by atoms with van der Waals surface area (Å²) in [5.41, 5.74) is 1.63. The molecule has 1 unspecified atom stereocenters. The highest BCUT2D eigenvalue weighted by Crippen LogP contribution is 2.14. The van der Waals surface area contributed by atoms with E-state index in [1.54, 1.807) is 5.55 Å². The zero-order valence-corrected chi connectivity index (χ0v) is 4.93. The van der Waals surface area contributed by atoms with Crippen molar-refractivity contribution < 1.29 is 9.53 Å². The Labute approximate surface area is 51.1 Å². The molecule has 0 N–H and O–H groups in total. The second kappa shape index (κ2) is 2.71. The van der Waals surface area contributed by atoms with Crippen LogP contribution < -0.4 is 0 Å². The number of rotatable bonds is 2. The van der Waals surface area contributed by atoms with Crippen molar-refractivity contribution in [1.29, 1.82) is 0 Å². The van der Waals surface area contributed by atoms with Crippen LogP contribution in [0.15, 0.2) is 4.99 Å². The van der Waals surface area contributed by atoms with Crippen molar-refractivity contribution in [3.63, 3.8) is 0 Å². The van der Waals surface area contributed by atoms with Gasteiger partial charge in [-0.3, -0.25) is 9.79 Å². The van der Waals surface area contributed by atoms with Crippen molar-refractivity contribution in [2.45, 2.75) is 5.44 Å². The lowest BCUT2D eigenvalue weighted by molar-refractivity contribution is -0.129. The highest BCUT2D eigenvalue weighted by molar-refractivity contribution is 8.12. The Morgan fingerprint density at radius 2 is 2.88 bits per heavy atom. The number of ether oxygens (including phenoxy) is 1. The Hall–Kier alpha value is -0.510. The van der Waals surface area contributed by atoms with Gasteiger partial charge in [-0.1, -0.05) is 11.8 Å². The zero-order chi connectivity index (χ0) is 5.82. The molecule has 1 rings (SSSR count). The molecule has 0 aromatic carbocycles. The van der Waals surface area contributed by atoms with Crippen LogP contribution in [0.1, 0.15) is 0 Å². The predicted molar refractivity (Wildman–Crippen MR) is 31.9 cm³/mol. The van der Waals surface area contributed by atoms with Crippen LogP contribution in [0, 0.1) is 0 Å². The fourth-order valence-electron chi connectivity index (χ4n) is 0.420. The Morgan fingerprint density at radius 1 is 2.00 bits per heavy atom. The van der Waals surface area contributed by atoms with Crippen LogP contribution in [0.5, 0.6) is 0 Å². The first kappa shape index (κ1) is 5.62. The monoisotopic (exact) mass is 131 g/mol. The number of hydrogen-bond donors (Lipinski definition) is 0. The van der Waals surface area contributed by atoms with Gasteiger partial charge in [-0.25, -0.2) is 0 Å². The van der Waals surface area contributed by atoms with Gasteiger partial charge in [0.1, 0.15) is 0 Å². The maximum absolute atomic E-state index is 9.67. The average molecular weight is 131 g/mol. The second-order valence-electron chi connectivity index (χ2n) is 1.27. The molecule has 0 aromatic rings. The van der Waals surface area contributed by atoms with Crippen molar-refractivity contribution >= 4 is 23.8 Å². The maximum Gasteiger partial charge on any atom is 0.294 e. The molecule has 4 heteroatoms. The van der Waals surface area contributed by atoms with Crippen LogP contribution >= 0.6 is 11.8 Å². The summed E-state index contributed by atoms with van der Waals surface area (Å²) >= 11 is 1.42. The molecule has 44 valence electrons. The number of carbonyl (C=O) groups excluding carboxylic acids is 1. The molecule has 0 spiro atoms. The van der Waals surface area contributed by atoms with E-state index >= 15 is 0 Å². The molecule has 0 amide bonds. The van der Waals surface area contributed by atoms with Gasteiger partial charge in [0, 0.05) is 0 Å². The topological polar surface area (TPSA) is 38.7 Å². The minimum Gasteiger partial charge on any atom is -0.451 e. The average Bonchev–Trinajstić information content (AvgIpc) is 2.19. The Bertz CT molecular complexity index is 107. The van der Waals surface area contributed by atoms with E-state index in [-0.39, 0.29) is 5.44 Å². The summed E-state index contributed by atoms with van der Waals surface area (Å²) in [6, 6.07) is 0. The number of thioether (sulfide) groups is 1. The second-order valence-corrected chi connectivity index (χ2v) is 2.28. The highest BCUT2D eigenvalue weighted by Gasteiger charge is 2.10. The molecule has 1 aliphatic heterocycles. The van der Waals surface area contributed by atoms with Crippen molar-refractivity contribution in [2.24, 2.45) is 4.99 Å². The molecular weight excluding hydrogens is 126 g/mol. The summed E-state index contributed by atoms with van der Waals surface area (Å²) < 4.78 is 4.56. The Balaban J connectivity index is 2.19. The first-order chi connectivity index (χ1) is 3.93. The number of hydrogen-bond acceptors (Lipinski definition) is 4. The molecule has 0 aliphatic carbocycles. The van der Waals surface area contributed by atoms with E-state index < -0.39 is 0 Å². The molecule has 3 nitrogen and oxygen atoms in total. The molecule has 0 saturated heterocycles. The molecule has 0 aromatic heterocycles. The standard InChI is InChI=1S/C4H5NO2S/c6-3-7-4-1-5-2-8-4/h2-4H,1H2. The lowest BCUT2D eigenvalue weighted by Crippen LogP contribution is -2.06. The van der Waals surface area contributed by atoms with E-state index in [2.05, 4.69) is 9.73 Å². The molecule has 8 heavy (non-hydrogen) atoms. The lowest BCUT2D eigenvalue weighted by Gasteiger charge is -2.00. The van der Waals surface area contributed by atoms with Gasteiger partial charge in [-0.15, -0.1) is 0 Å². The first-order valence-electron chi connectivity index (χ1n) is 2.16. The van der Waals surface area contributed by atoms with Crippen LogP contribution in [-0.4, -0.2) is 24.0 Å². The van der Waals surface area contributed by atoms with Crippen molar-refractivity contribution in [1.82, 2.24) is 0 Å². The first-order valence-corrected chi connectivity index (χ1v) is 3.10. The third kappa shape index (κ3) is 1.23. The van der Waals surface area contributed by atoms with Gasteiger partial charge in [-0.05, 0) is 0 Å². The van der Waals surface area contributed by atoms with Crippen molar-refractivity contribution in [2.75, 3.05) is 6.54 Å². The van der Waals surface area contributed by atoms with Gasteiger partial charge in [0.05, 0.1) is 12.1 Å². The quantitative estimate of drug-likeness (QED) is 0.504. The van der Waals surface area contributed by atoms with Gasteiger partial charge in [-0.2, -0.15) is 0 Å². The largest absolute Gasteiger partial charge is 0.451 e. The summed E-state index contributed by atoms with van der Waals surface area (Å²) in [5, 5.41) is 0. The van der Waals surface area contributed by atoms with Crippen LogP contribution in [0.3, 0.4) is 0 Å². The van der Waals surface area contributed by atoms with Gasteiger partial charge in [0.15, 0.2) is 5.44 Å². The Kier molecular flexibility index (Phi) is 1.91. The third-order valence-electron chi connectivity index (χ3n) is 0.749. The van der Waals surface area contributed by atoms with Crippen LogP contribution in [0.4, 0.5) is 0 Å². The summed E-state index contributed by atoms with van der Waals surface area (Å²) in [4.78, 5) is 13.5. The van der Waals surface area contributed by atoms with Crippen molar-refractivity contribution in [3.05, 3.63) is 0 Å². The van der Waals surface area contributed by atoms with E-state index in [0.717, 1.165) is 0 Å². The smallest absolute Gasteiger partial charge is 0.294 e. The fraction of sp³-hybridized carbons (Fsp3) is 0.500. The summed E-state index contributed by atoms with van der Waals surface area (Å²) in [5.74, 6) is 0. The zero-order valence-electron chi connectivity index (χ0n) is 4.11. The normalized spacial score (nSPS) is 25.8. The van der Waals surface area contributed by atoms with Gasteiger partial charge in [0.25, 0.3) is 6.47 Å². The third-order valence-corrected chi connectivity index (χ3v) is 1.58. The predicted octanol–water partition coefficient (Wildman–Crippen LogP) is 0.261. The molecule has 1 atom stereocenters. The molecule has 0 saturated carbocycles. The van der Waals surface area contributed by atoms with E-state index in [1.807, 2.05) is 0 Å². The molecule has 0 radical (unpaired) electrons. The van der Waals surface area contributed by atoms with Crippen molar-refractivity contribution in [3.8, 4) is 0 Å². The SMILES string of the molecule is O=COC1CN=CS1. The van der Waals surface area contributed by atoms with Gasteiger partial charge >= 0.3 is 0 Å². The molecule has 0 bridgehead atoms. The highest BCUT2D eigenvalue weighted by atomic mass is 32.2. The Morgan fingerprint density at radius 3 is 3.38 bits per heavy atom. The number of carbonyl (C=O) groups is 1. The molecule has 1 heterocycles. The van der Waals surface area contributed by atoms with Gasteiger partial charge in [0.2, 0.25) is 0 Å². The summed E-state index contributed by atoms with van der Waals surface area (Å²) in [6.45, 7) is 1.05. The fourth-order valence-corrected chi connectivity index (χ4v) is 1.01. The molecule has 0 fully saturated rings. The van der Waals surface area contributed by atoms with Crippen LogP contribution in [-0.2, 0) is 9.53 Å². The van der Waals surface area contributed by atoms with E-state index in [0.29, 0.717) is 13.0 Å². The minimum absolute atomic E-state index is 0.0625. The minimum atomic E-state index is -0.0625. The van der Waals surface area contributed by atoms with Crippen LogP contribution in [0.25, 0.3) is 0 Å². The molecular formula is C4H5NO2S.